The van der Waals surface area contributed by atoms with Crippen LogP contribution in [0, 0.1) is 0 Å². The lowest BCUT2D eigenvalue weighted by molar-refractivity contribution is 0.100. The Balaban J connectivity index is 1.85. The minimum atomic E-state index is -0.555. The number of halogens is 1. The summed E-state index contributed by atoms with van der Waals surface area (Å²) >= 11 is 6.16. The molecule has 0 saturated heterocycles. The highest BCUT2D eigenvalue weighted by molar-refractivity contribution is 6.33. The fraction of sp³-hybridized carbons (Fsp3) is 0.0588. The molecule has 1 aromatic carbocycles. The lowest BCUT2D eigenvalue weighted by Crippen LogP contribution is -2.13. The summed E-state index contributed by atoms with van der Waals surface area (Å²) in [6.45, 7) is 0. The number of aromatic nitrogens is 3. The van der Waals surface area contributed by atoms with Gasteiger partial charge >= 0.3 is 0 Å². The standard InChI is InChI=1S/C17H15ClN6O2/c1-26-14-7-6-10(8-20-14)22-17-21-9-12(18)16(24-17)23-13-5-3-2-4-11(13)15(19)25/h2-9H,1H3,(H2,19,25)(H2,21,22,23,24). The van der Waals surface area contributed by atoms with Crippen molar-refractivity contribution in [2.24, 2.45) is 5.73 Å². The average molecular weight is 371 g/mol. The third kappa shape index (κ3) is 3.98. The van der Waals surface area contributed by atoms with Crippen molar-refractivity contribution in [1.29, 1.82) is 0 Å². The second kappa shape index (κ2) is 7.66. The van der Waals surface area contributed by atoms with E-state index >= 15 is 0 Å². The van der Waals surface area contributed by atoms with Gasteiger partial charge in [0.25, 0.3) is 5.91 Å². The van der Waals surface area contributed by atoms with E-state index in [0.29, 0.717) is 39.6 Å². The molecule has 0 fully saturated rings. The quantitative estimate of drug-likeness (QED) is 0.610. The highest BCUT2D eigenvalue weighted by Crippen LogP contribution is 2.26. The number of carbonyl (C=O) groups is 1. The van der Waals surface area contributed by atoms with Crippen LogP contribution in [0.3, 0.4) is 0 Å². The first-order valence-corrected chi connectivity index (χ1v) is 7.90. The highest BCUT2D eigenvalue weighted by Gasteiger charge is 2.11. The fourth-order valence-corrected chi connectivity index (χ4v) is 2.29. The van der Waals surface area contributed by atoms with Gasteiger partial charge in [0.2, 0.25) is 11.8 Å². The SMILES string of the molecule is COc1ccc(Nc2ncc(Cl)c(Nc3ccccc3C(N)=O)n2)cn1. The van der Waals surface area contributed by atoms with Crippen LogP contribution in [0.25, 0.3) is 0 Å². The zero-order chi connectivity index (χ0) is 18.5. The number of para-hydroxylation sites is 1. The van der Waals surface area contributed by atoms with Gasteiger partial charge in [-0.1, -0.05) is 23.7 Å². The Morgan fingerprint density at radius 3 is 2.62 bits per heavy atom. The van der Waals surface area contributed by atoms with Gasteiger partial charge in [-0.25, -0.2) is 9.97 Å². The molecule has 0 radical (unpaired) electrons. The molecule has 0 aliphatic carbocycles. The number of methoxy groups -OCH3 is 1. The molecule has 0 saturated carbocycles. The zero-order valence-corrected chi connectivity index (χ0v) is 14.5. The van der Waals surface area contributed by atoms with Gasteiger partial charge in [-0.3, -0.25) is 4.79 Å². The number of benzene rings is 1. The predicted octanol–water partition coefficient (Wildman–Crippen LogP) is 3.12. The summed E-state index contributed by atoms with van der Waals surface area (Å²) in [5.41, 5.74) is 6.89. The largest absolute Gasteiger partial charge is 0.481 e. The van der Waals surface area contributed by atoms with Crippen LogP contribution in [0.1, 0.15) is 10.4 Å². The molecule has 3 rings (SSSR count). The number of rotatable bonds is 6. The summed E-state index contributed by atoms with van der Waals surface area (Å²) in [5.74, 6) is 0.582. The van der Waals surface area contributed by atoms with Crippen LogP contribution in [0.4, 0.5) is 23.1 Å². The number of ether oxygens (including phenoxy) is 1. The predicted molar refractivity (Wildman–Crippen MR) is 99.4 cm³/mol. The van der Waals surface area contributed by atoms with Crippen LogP contribution in [-0.2, 0) is 0 Å². The number of hydrogen-bond acceptors (Lipinski definition) is 7. The maximum Gasteiger partial charge on any atom is 0.250 e. The van der Waals surface area contributed by atoms with Gasteiger partial charge in [0.1, 0.15) is 5.02 Å². The molecule has 0 aliphatic rings. The summed E-state index contributed by atoms with van der Waals surface area (Å²) in [4.78, 5) is 24.1. The molecular weight excluding hydrogens is 356 g/mol. The Bertz CT molecular complexity index is 933. The number of primary amides is 1. The molecule has 3 aromatic rings. The van der Waals surface area contributed by atoms with Crippen LogP contribution in [0.15, 0.2) is 48.8 Å². The van der Waals surface area contributed by atoms with Crippen LogP contribution in [0.5, 0.6) is 5.88 Å². The third-order valence-electron chi connectivity index (χ3n) is 3.39. The van der Waals surface area contributed by atoms with Gasteiger partial charge < -0.3 is 21.1 Å². The first kappa shape index (κ1) is 17.4. The van der Waals surface area contributed by atoms with Gasteiger partial charge in [0.05, 0.1) is 36.4 Å². The molecular formula is C17H15ClN6O2. The molecule has 0 spiro atoms. The lowest BCUT2D eigenvalue weighted by Gasteiger charge is -2.12. The van der Waals surface area contributed by atoms with Crippen LogP contribution in [-0.4, -0.2) is 28.0 Å². The minimum absolute atomic E-state index is 0.294. The van der Waals surface area contributed by atoms with Gasteiger partial charge in [-0.15, -0.1) is 0 Å². The van der Waals surface area contributed by atoms with E-state index in [1.807, 2.05) is 0 Å². The number of nitrogens with one attached hydrogen (secondary N) is 2. The molecule has 2 heterocycles. The van der Waals surface area contributed by atoms with Crippen LogP contribution in [0.2, 0.25) is 5.02 Å². The first-order chi connectivity index (χ1) is 12.6. The van der Waals surface area contributed by atoms with E-state index < -0.39 is 5.91 Å². The number of amides is 1. The summed E-state index contributed by atoms with van der Waals surface area (Å²) in [6, 6.07) is 10.3. The normalized spacial score (nSPS) is 10.2. The highest BCUT2D eigenvalue weighted by atomic mass is 35.5. The zero-order valence-electron chi connectivity index (χ0n) is 13.7. The summed E-state index contributed by atoms with van der Waals surface area (Å²) in [6.07, 6.45) is 3.04. The number of hydrogen-bond donors (Lipinski definition) is 3. The Hall–Kier alpha value is -3.39. The van der Waals surface area contributed by atoms with E-state index in [4.69, 9.17) is 22.1 Å². The Morgan fingerprint density at radius 2 is 1.92 bits per heavy atom. The summed E-state index contributed by atoms with van der Waals surface area (Å²) in [7, 11) is 1.54. The molecule has 0 atom stereocenters. The minimum Gasteiger partial charge on any atom is -0.481 e. The molecule has 1 amide bonds. The summed E-state index contributed by atoms with van der Waals surface area (Å²) < 4.78 is 5.02. The van der Waals surface area contributed by atoms with Crippen molar-refractivity contribution < 1.29 is 9.53 Å². The van der Waals surface area contributed by atoms with Gasteiger partial charge in [0, 0.05) is 6.07 Å². The van der Waals surface area contributed by atoms with Crippen molar-refractivity contribution in [2.75, 3.05) is 17.7 Å². The number of nitrogens with zero attached hydrogens (tertiary/aromatic N) is 3. The van der Waals surface area contributed by atoms with E-state index in [9.17, 15) is 4.79 Å². The number of anilines is 4. The Labute approximate surface area is 154 Å². The number of carbonyl (C=O) groups excluding carboxylic acids is 1. The molecule has 9 heteroatoms. The van der Waals surface area contributed by atoms with E-state index in [-0.39, 0.29) is 0 Å². The number of pyridine rings is 1. The van der Waals surface area contributed by atoms with E-state index in [1.54, 1.807) is 49.7 Å². The topological polar surface area (TPSA) is 115 Å². The van der Waals surface area contributed by atoms with Crippen molar-refractivity contribution in [1.82, 2.24) is 15.0 Å². The molecule has 2 aromatic heterocycles. The van der Waals surface area contributed by atoms with Crippen LogP contribution >= 0.6 is 11.6 Å². The molecule has 4 N–H and O–H groups in total. The fourth-order valence-electron chi connectivity index (χ4n) is 2.15. The van der Waals surface area contributed by atoms with E-state index in [0.717, 1.165) is 0 Å². The molecule has 132 valence electrons. The monoisotopic (exact) mass is 370 g/mol. The van der Waals surface area contributed by atoms with E-state index in [2.05, 4.69) is 25.6 Å². The second-order valence-electron chi connectivity index (χ2n) is 5.14. The van der Waals surface area contributed by atoms with Crippen LogP contribution < -0.4 is 21.1 Å². The van der Waals surface area contributed by atoms with Crippen molar-refractivity contribution in [2.45, 2.75) is 0 Å². The maximum atomic E-state index is 11.5. The van der Waals surface area contributed by atoms with E-state index in [1.165, 1.54) is 6.20 Å². The summed E-state index contributed by atoms with van der Waals surface area (Å²) in [5, 5.41) is 6.32. The molecule has 0 unspecified atom stereocenters. The maximum absolute atomic E-state index is 11.5. The van der Waals surface area contributed by atoms with Gasteiger partial charge in [-0.05, 0) is 18.2 Å². The molecule has 0 bridgehead atoms. The van der Waals surface area contributed by atoms with Crippen molar-refractivity contribution >= 4 is 40.6 Å². The third-order valence-corrected chi connectivity index (χ3v) is 3.67. The first-order valence-electron chi connectivity index (χ1n) is 7.52. The van der Waals surface area contributed by atoms with Gasteiger partial charge in [0.15, 0.2) is 5.82 Å². The lowest BCUT2D eigenvalue weighted by atomic mass is 10.1. The average Bonchev–Trinajstić information content (AvgIpc) is 2.65. The Morgan fingerprint density at radius 1 is 1.12 bits per heavy atom. The smallest absolute Gasteiger partial charge is 0.250 e. The van der Waals surface area contributed by atoms with Gasteiger partial charge in [-0.2, -0.15) is 4.98 Å². The van der Waals surface area contributed by atoms with Crippen molar-refractivity contribution in [3.63, 3.8) is 0 Å². The number of nitrogens with two attached hydrogens (primary N) is 1. The second-order valence-corrected chi connectivity index (χ2v) is 5.55. The van der Waals surface area contributed by atoms with Crippen molar-refractivity contribution in [3.8, 4) is 5.88 Å². The Kier molecular flexibility index (Phi) is 5.14. The molecule has 26 heavy (non-hydrogen) atoms. The molecule has 0 aliphatic heterocycles. The van der Waals surface area contributed by atoms with Crippen molar-refractivity contribution in [3.05, 3.63) is 59.4 Å². The molecule has 8 nitrogen and oxygen atoms in total.